The predicted molar refractivity (Wildman–Crippen MR) is 73.9 cm³/mol. The van der Waals surface area contributed by atoms with Crippen molar-refractivity contribution in [2.45, 2.75) is 19.0 Å². The molecule has 0 radical (unpaired) electrons. The van der Waals surface area contributed by atoms with Crippen LogP contribution in [0.2, 0.25) is 5.02 Å². The van der Waals surface area contributed by atoms with E-state index >= 15 is 0 Å². The van der Waals surface area contributed by atoms with Crippen molar-refractivity contribution in [1.29, 1.82) is 0 Å². The Morgan fingerprint density at radius 2 is 1.95 bits per heavy atom. The van der Waals surface area contributed by atoms with Gasteiger partial charge in [0, 0.05) is 16.0 Å². The van der Waals surface area contributed by atoms with Gasteiger partial charge in [-0.1, -0.05) is 23.7 Å². The highest BCUT2D eigenvalue weighted by atomic mass is 35.5. The molecule has 0 saturated heterocycles. The predicted octanol–water partition coefficient (Wildman–Crippen LogP) is 5.20. The lowest BCUT2D eigenvalue weighted by Gasteiger charge is -2.03. The van der Waals surface area contributed by atoms with Crippen LogP contribution < -0.4 is 0 Å². The van der Waals surface area contributed by atoms with Crippen LogP contribution in [0.4, 0.5) is 13.2 Å². The molecule has 1 aliphatic rings. The zero-order valence-corrected chi connectivity index (χ0v) is 11.9. The van der Waals surface area contributed by atoms with Gasteiger partial charge in [0.15, 0.2) is 0 Å². The SMILES string of the molecule is FC(F)(F)C1CC1Cc1csc(-c2ccc(Cl)cc2)n1. The van der Waals surface area contributed by atoms with Crippen molar-refractivity contribution < 1.29 is 13.2 Å². The van der Waals surface area contributed by atoms with Crippen LogP contribution in [0.15, 0.2) is 29.6 Å². The van der Waals surface area contributed by atoms with Crippen LogP contribution in [0.3, 0.4) is 0 Å². The van der Waals surface area contributed by atoms with Crippen LogP contribution in [0.5, 0.6) is 0 Å². The Bertz CT molecular complexity index is 606. The maximum Gasteiger partial charge on any atom is 0.392 e. The van der Waals surface area contributed by atoms with Gasteiger partial charge in [0.25, 0.3) is 0 Å². The average Bonchev–Trinajstić information content (AvgIpc) is 3.00. The van der Waals surface area contributed by atoms with E-state index in [1.165, 1.54) is 11.3 Å². The van der Waals surface area contributed by atoms with Crippen LogP contribution in [0, 0.1) is 11.8 Å². The molecule has 106 valence electrons. The fraction of sp³-hybridized carbons (Fsp3) is 0.357. The summed E-state index contributed by atoms with van der Waals surface area (Å²) in [6, 6.07) is 7.28. The van der Waals surface area contributed by atoms with Crippen molar-refractivity contribution in [3.8, 4) is 10.6 Å². The van der Waals surface area contributed by atoms with Crippen LogP contribution in [-0.2, 0) is 6.42 Å². The second-order valence-corrected chi connectivity index (χ2v) is 6.29. The molecule has 0 bridgehead atoms. The summed E-state index contributed by atoms with van der Waals surface area (Å²) in [6.45, 7) is 0. The van der Waals surface area contributed by atoms with Crippen molar-refractivity contribution in [2.75, 3.05) is 0 Å². The van der Waals surface area contributed by atoms with Gasteiger partial charge in [-0.25, -0.2) is 4.98 Å². The van der Waals surface area contributed by atoms with E-state index in [4.69, 9.17) is 11.6 Å². The minimum atomic E-state index is -4.06. The lowest BCUT2D eigenvalue weighted by Crippen LogP contribution is -2.12. The monoisotopic (exact) mass is 317 g/mol. The van der Waals surface area contributed by atoms with E-state index in [2.05, 4.69) is 4.98 Å². The molecule has 1 aromatic carbocycles. The lowest BCUT2D eigenvalue weighted by molar-refractivity contribution is -0.150. The molecule has 1 aliphatic carbocycles. The summed E-state index contributed by atoms with van der Waals surface area (Å²) in [7, 11) is 0. The molecule has 2 atom stereocenters. The fourth-order valence-corrected chi connectivity index (χ4v) is 3.23. The van der Waals surface area contributed by atoms with Gasteiger partial charge in [-0.3, -0.25) is 0 Å². The molecule has 1 nitrogen and oxygen atoms in total. The third-order valence-corrected chi connectivity index (χ3v) is 4.65. The Kier molecular flexibility index (Phi) is 3.50. The van der Waals surface area contributed by atoms with Gasteiger partial charge in [0.05, 0.1) is 11.6 Å². The summed E-state index contributed by atoms with van der Waals surface area (Å²) in [5.41, 5.74) is 1.69. The van der Waals surface area contributed by atoms with E-state index in [9.17, 15) is 13.2 Å². The molecule has 2 aromatic rings. The highest BCUT2D eigenvalue weighted by Crippen LogP contribution is 2.51. The van der Waals surface area contributed by atoms with Crippen molar-refractivity contribution in [3.05, 3.63) is 40.4 Å². The summed E-state index contributed by atoms with van der Waals surface area (Å²) in [4.78, 5) is 4.41. The smallest absolute Gasteiger partial charge is 0.241 e. The normalized spacial score (nSPS) is 22.0. The van der Waals surface area contributed by atoms with E-state index in [0.29, 0.717) is 11.4 Å². The van der Waals surface area contributed by atoms with E-state index in [1.807, 2.05) is 17.5 Å². The highest BCUT2D eigenvalue weighted by molar-refractivity contribution is 7.13. The molecule has 1 saturated carbocycles. The molecule has 0 N–H and O–H groups in total. The largest absolute Gasteiger partial charge is 0.392 e. The maximum absolute atomic E-state index is 12.5. The first-order chi connectivity index (χ1) is 9.43. The second-order valence-electron chi connectivity index (χ2n) is 5.00. The van der Waals surface area contributed by atoms with Crippen molar-refractivity contribution >= 4 is 22.9 Å². The van der Waals surface area contributed by atoms with Crippen molar-refractivity contribution in [3.63, 3.8) is 0 Å². The van der Waals surface area contributed by atoms with E-state index in [-0.39, 0.29) is 12.3 Å². The Morgan fingerprint density at radius 1 is 1.25 bits per heavy atom. The molecule has 6 heteroatoms. The quantitative estimate of drug-likeness (QED) is 0.757. The van der Waals surface area contributed by atoms with Gasteiger partial charge < -0.3 is 0 Å². The third-order valence-electron chi connectivity index (χ3n) is 3.46. The fourth-order valence-electron chi connectivity index (χ4n) is 2.27. The van der Waals surface area contributed by atoms with Gasteiger partial charge in [-0.2, -0.15) is 13.2 Å². The zero-order chi connectivity index (χ0) is 14.3. The van der Waals surface area contributed by atoms with Crippen LogP contribution in [-0.4, -0.2) is 11.2 Å². The molecule has 1 heterocycles. The molecular formula is C14H11ClF3NS. The van der Waals surface area contributed by atoms with Crippen LogP contribution in [0.25, 0.3) is 10.6 Å². The van der Waals surface area contributed by atoms with Crippen molar-refractivity contribution in [1.82, 2.24) is 4.98 Å². The molecule has 0 spiro atoms. The molecule has 20 heavy (non-hydrogen) atoms. The number of benzene rings is 1. The van der Waals surface area contributed by atoms with Gasteiger partial charge in [-0.05, 0) is 30.9 Å². The number of hydrogen-bond acceptors (Lipinski definition) is 2. The Morgan fingerprint density at radius 3 is 2.55 bits per heavy atom. The number of aromatic nitrogens is 1. The molecule has 0 aliphatic heterocycles. The molecule has 1 aromatic heterocycles. The van der Waals surface area contributed by atoms with Crippen LogP contribution in [0.1, 0.15) is 12.1 Å². The second kappa shape index (κ2) is 5.04. The molecule has 2 unspecified atom stereocenters. The number of thiazole rings is 1. The Labute approximate surface area is 123 Å². The lowest BCUT2D eigenvalue weighted by atomic mass is 10.2. The first kappa shape index (κ1) is 13.9. The van der Waals surface area contributed by atoms with Crippen LogP contribution >= 0.6 is 22.9 Å². The maximum atomic E-state index is 12.5. The summed E-state index contributed by atoms with van der Waals surface area (Å²) in [6.07, 6.45) is -3.41. The van der Waals surface area contributed by atoms with Gasteiger partial charge >= 0.3 is 6.18 Å². The minimum Gasteiger partial charge on any atom is -0.241 e. The third kappa shape index (κ3) is 2.99. The number of nitrogens with zero attached hydrogens (tertiary/aromatic N) is 1. The molecule has 3 rings (SSSR count). The Balaban J connectivity index is 1.68. The van der Waals surface area contributed by atoms with Gasteiger partial charge in [0.2, 0.25) is 0 Å². The first-order valence-electron chi connectivity index (χ1n) is 6.20. The molecular weight excluding hydrogens is 307 g/mol. The molecule has 1 fully saturated rings. The van der Waals surface area contributed by atoms with Gasteiger partial charge in [0.1, 0.15) is 5.01 Å². The highest BCUT2D eigenvalue weighted by Gasteiger charge is 2.55. The summed E-state index contributed by atoms with van der Waals surface area (Å²) in [5, 5.41) is 3.31. The van der Waals surface area contributed by atoms with E-state index in [0.717, 1.165) is 16.3 Å². The minimum absolute atomic E-state index is 0.233. The number of rotatable bonds is 3. The summed E-state index contributed by atoms with van der Waals surface area (Å²) in [5.74, 6) is -1.43. The summed E-state index contributed by atoms with van der Waals surface area (Å²) >= 11 is 7.27. The average molecular weight is 318 g/mol. The number of alkyl halides is 3. The molecule has 0 amide bonds. The van der Waals surface area contributed by atoms with E-state index in [1.54, 1.807) is 12.1 Å². The first-order valence-corrected chi connectivity index (χ1v) is 7.46. The number of halogens is 4. The van der Waals surface area contributed by atoms with Gasteiger partial charge in [-0.15, -0.1) is 11.3 Å². The number of hydrogen-bond donors (Lipinski definition) is 0. The standard InChI is InChI=1S/C14H11ClF3NS/c15-10-3-1-8(2-4-10)13-19-11(7-20-13)5-9-6-12(9)14(16,17)18/h1-4,7,9,12H,5-6H2. The topological polar surface area (TPSA) is 12.9 Å². The zero-order valence-electron chi connectivity index (χ0n) is 10.3. The Hall–Kier alpha value is -1.07. The van der Waals surface area contributed by atoms with Crippen molar-refractivity contribution in [2.24, 2.45) is 11.8 Å². The van der Waals surface area contributed by atoms with E-state index < -0.39 is 12.1 Å². The summed E-state index contributed by atoms with van der Waals surface area (Å²) < 4.78 is 37.4.